The first-order chi connectivity index (χ1) is 9.47. The molecule has 0 bridgehead atoms. The number of nitrogens with two attached hydrogens (primary N) is 1. The number of amides is 1. The van der Waals surface area contributed by atoms with Gasteiger partial charge in [0.25, 0.3) is 0 Å². The van der Waals surface area contributed by atoms with E-state index in [4.69, 9.17) is 5.73 Å². The van der Waals surface area contributed by atoms with Crippen molar-refractivity contribution in [2.24, 2.45) is 5.73 Å². The van der Waals surface area contributed by atoms with Crippen molar-refractivity contribution in [2.45, 2.75) is 44.8 Å². The van der Waals surface area contributed by atoms with Gasteiger partial charge in [-0.05, 0) is 38.8 Å². The molecule has 0 aliphatic carbocycles. The fraction of sp³-hybridized carbons (Fsp3) is 0.562. The minimum absolute atomic E-state index is 0.0796. The molecule has 3 N–H and O–H groups in total. The zero-order valence-electron chi connectivity index (χ0n) is 12.4. The number of carbonyl (C=O) groups excluding carboxylic acids is 1. The normalized spacial score (nSPS) is 20.1. The van der Waals surface area contributed by atoms with Gasteiger partial charge in [-0.2, -0.15) is 0 Å². The molecule has 1 fully saturated rings. The van der Waals surface area contributed by atoms with Gasteiger partial charge in [0.2, 0.25) is 5.91 Å². The van der Waals surface area contributed by atoms with Crippen molar-refractivity contribution in [3.8, 4) is 0 Å². The number of carbonyl (C=O) groups is 1. The Bertz CT molecular complexity index is 439. The quantitative estimate of drug-likeness (QED) is 0.856. The van der Waals surface area contributed by atoms with Crippen LogP contribution in [0.4, 0.5) is 0 Å². The molecule has 1 aromatic carbocycles. The number of likely N-dealkylation sites (tertiary alicyclic amines) is 1. The molecule has 1 saturated heterocycles. The van der Waals surface area contributed by atoms with E-state index >= 15 is 0 Å². The third-order valence-electron chi connectivity index (χ3n) is 3.81. The summed E-state index contributed by atoms with van der Waals surface area (Å²) in [6.45, 7) is 6.21. The first kappa shape index (κ1) is 15.0. The lowest BCUT2D eigenvalue weighted by molar-refractivity contribution is -0.125. The first-order valence-electron chi connectivity index (χ1n) is 7.32. The van der Waals surface area contributed by atoms with E-state index in [1.165, 1.54) is 12.0 Å². The van der Waals surface area contributed by atoms with Crippen LogP contribution in [0.25, 0.3) is 0 Å². The molecule has 20 heavy (non-hydrogen) atoms. The van der Waals surface area contributed by atoms with E-state index in [0.717, 1.165) is 19.5 Å². The number of rotatable bonds is 5. The maximum absolute atomic E-state index is 11.8. The summed E-state index contributed by atoms with van der Waals surface area (Å²) in [6, 6.07) is 10.9. The van der Waals surface area contributed by atoms with Gasteiger partial charge >= 0.3 is 0 Å². The Kier molecular flexibility index (Phi) is 4.78. The fourth-order valence-electron chi connectivity index (χ4n) is 2.59. The highest BCUT2D eigenvalue weighted by Crippen LogP contribution is 2.19. The smallest absolute Gasteiger partial charge is 0.239 e. The average molecular weight is 275 g/mol. The van der Waals surface area contributed by atoms with Crippen LogP contribution in [0, 0.1) is 0 Å². The molecule has 0 spiro atoms. The first-order valence-corrected chi connectivity index (χ1v) is 7.32. The van der Waals surface area contributed by atoms with Gasteiger partial charge in [-0.25, -0.2) is 0 Å². The number of hydrogen-bond donors (Lipinski definition) is 2. The minimum atomic E-state index is -0.803. The molecule has 0 radical (unpaired) electrons. The zero-order valence-corrected chi connectivity index (χ0v) is 12.4. The van der Waals surface area contributed by atoms with E-state index in [1.807, 2.05) is 6.07 Å². The summed E-state index contributed by atoms with van der Waals surface area (Å²) in [5.74, 6) is -0.0796. The third-order valence-corrected chi connectivity index (χ3v) is 3.81. The Hall–Kier alpha value is -1.39. The number of nitrogens with zero attached hydrogens (tertiary/aromatic N) is 1. The van der Waals surface area contributed by atoms with E-state index in [0.29, 0.717) is 12.6 Å². The molecule has 1 amide bonds. The lowest BCUT2D eigenvalue weighted by atomic mass is 10.1. The van der Waals surface area contributed by atoms with Gasteiger partial charge in [0.1, 0.15) is 0 Å². The maximum atomic E-state index is 11.8. The zero-order chi connectivity index (χ0) is 14.6. The number of benzene rings is 1. The molecule has 0 aromatic heterocycles. The number of hydrogen-bond acceptors (Lipinski definition) is 3. The molecule has 4 heteroatoms. The van der Waals surface area contributed by atoms with Crippen LogP contribution in [0.1, 0.15) is 32.3 Å². The van der Waals surface area contributed by atoms with Crippen molar-refractivity contribution in [3.05, 3.63) is 35.9 Å². The van der Waals surface area contributed by atoms with Gasteiger partial charge in [-0.15, -0.1) is 0 Å². The van der Waals surface area contributed by atoms with Crippen LogP contribution in [0.2, 0.25) is 0 Å². The highest BCUT2D eigenvalue weighted by molar-refractivity contribution is 5.85. The van der Waals surface area contributed by atoms with E-state index in [-0.39, 0.29) is 5.91 Å². The van der Waals surface area contributed by atoms with Gasteiger partial charge in [-0.1, -0.05) is 30.3 Å². The summed E-state index contributed by atoms with van der Waals surface area (Å²) in [5, 5.41) is 2.97. The van der Waals surface area contributed by atoms with Crippen LogP contribution < -0.4 is 11.1 Å². The summed E-state index contributed by atoms with van der Waals surface area (Å²) < 4.78 is 0. The molecule has 1 unspecified atom stereocenters. The van der Waals surface area contributed by atoms with Gasteiger partial charge in [0.05, 0.1) is 5.54 Å². The topological polar surface area (TPSA) is 58.4 Å². The summed E-state index contributed by atoms with van der Waals surface area (Å²) in [7, 11) is 0. The standard InChI is InChI=1S/C16H25N3O/c1-16(2,17)15(20)18-11-14-9-6-10-19(14)12-13-7-4-3-5-8-13/h3-5,7-8,14H,6,9-12,17H2,1-2H3,(H,18,20). The Morgan fingerprint density at radius 2 is 2.10 bits per heavy atom. The average Bonchev–Trinajstić information content (AvgIpc) is 2.83. The second kappa shape index (κ2) is 6.37. The Labute approximate surface area is 121 Å². The molecular formula is C16H25N3O. The maximum Gasteiger partial charge on any atom is 0.239 e. The van der Waals surface area contributed by atoms with Gasteiger partial charge < -0.3 is 11.1 Å². The molecular weight excluding hydrogens is 250 g/mol. The molecule has 1 atom stereocenters. The summed E-state index contributed by atoms with van der Waals surface area (Å²) in [6.07, 6.45) is 2.33. The van der Waals surface area contributed by atoms with Crippen molar-refractivity contribution in [2.75, 3.05) is 13.1 Å². The predicted molar refractivity (Wildman–Crippen MR) is 81.2 cm³/mol. The molecule has 1 aliphatic rings. The molecule has 0 saturated carbocycles. The van der Waals surface area contributed by atoms with Gasteiger partial charge in [0, 0.05) is 19.1 Å². The lowest BCUT2D eigenvalue weighted by Gasteiger charge is -2.26. The Morgan fingerprint density at radius 3 is 2.75 bits per heavy atom. The van der Waals surface area contributed by atoms with Crippen molar-refractivity contribution < 1.29 is 4.79 Å². The van der Waals surface area contributed by atoms with E-state index in [2.05, 4.69) is 34.5 Å². The summed E-state index contributed by atoms with van der Waals surface area (Å²) >= 11 is 0. The molecule has 4 nitrogen and oxygen atoms in total. The molecule has 2 rings (SSSR count). The Balaban J connectivity index is 1.87. The monoisotopic (exact) mass is 275 g/mol. The van der Waals surface area contributed by atoms with Crippen molar-refractivity contribution in [1.29, 1.82) is 0 Å². The van der Waals surface area contributed by atoms with Crippen LogP contribution in [-0.4, -0.2) is 35.5 Å². The fourth-order valence-corrected chi connectivity index (χ4v) is 2.59. The van der Waals surface area contributed by atoms with Crippen molar-refractivity contribution in [1.82, 2.24) is 10.2 Å². The highest BCUT2D eigenvalue weighted by atomic mass is 16.2. The highest BCUT2D eigenvalue weighted by Gasteiger charge is 2.27. The lowest BCUT2D eigenvalue weighted by Crippen LogP contribution is -2.51. The molecule has 1 aromatic rings. The minimum Gasteiger partial charge on any atom is -0.353 e. The predicted octanol–water partition coefficient (Wildman–Crippen LogP) is 1.50. The van der Waals surface area contributed by atoms with Crippen LogP contribution in [0.15, 0.2) is 30.3 Å². The summed E-state index contributed by atoms with van der Waals surface area (Å²) in [4.78, 5) is 14.3. The largest absolute Gasteiger partial charge is 0.353 e. The van der Waals surface area contributed by atoms with Crippen molar-refractivity contribution >= 4 is 5.91 Å². The second-order valence-electron chi connectivity index (χ2n) is 6.18. The van der Waals surface area contributed by atoms with E-state index in [1.54, 1.807) is 13.8 Å². The van der Waals surface area contributed by atoms with Gasteiger partial charge in [-0.3, -0.25) is 9.69 Å². The molecule has 1 aliphatic heterocycles. The Morgan fingerprint density at radius 1 is 1.40 bits per heavy atom. The van der Waals surface area contributed by atoms with Crippen LogP contribution in [-0.2, 0) is 11.3 Å². The van der Waals surface area contributed by atoms with E-state index in [9.17, 15) is 4.79 Å². The number of nitrogens with one attached hydrogen (secondary N) is 1. The summed E-state index contributed by atoms with van der Waals surface area (Å²) in [5.41, 5.74) is 6.32. The molecule has 110 valence electrons. The van der Waals surface area contributed by atoms with Crippen LogP contribution >= 0.6 is 0 Å². The van der Waals surface area contributed by atoms with Crippen molar-refractivity contribution in [3.63, 3.8) is 0 Å². The molecule has 1 heterocycles. The second-order valence-corrected chi connectivity index (χ2v) is 6.18. The van der Waals surface area contributed by atoms with E-state index < -0.39 is 5.54 Å². The van der Waals surface area contributed by atoms with Gasteiger partial charge in [0.15, 0.2) is 0 Å². The third kappa shape index (κ3) is 4.05. The SMILES string of the molecule is CC(C)(N)C(=O)NCC1CCCN1Cc1ccccc1. The van der Waals surface area contributed by atoms with Crippen LogP contribution in [0.5, 0.6) is 0 Å². The van der Waals surface area contributed by atoms with Crippen LogP contribution in [0.3, 0.4) is 0 Å².